The van der Waals surface area contributed by atoms with Crippen LogP contribution in [0, 0.1) is 12.3 Å². The maximum atomic E-state index is 8.80. The fourth-order valence-electron chi connectivity index (χ4n) is 7.83. The number of rotatable bonds is 5. The Morgan fingerprint density at radius 3 is 1.61 bits per heavy atom. The van der Waals surface area contributed by atoms with Gasteiger partial charge in [-0.05, 0) is 93.2 Å². The highest BCUT2D eigenvalue weighted by atomic mass is 14.9. The second-order valence-corrected chi connectivity index (χ2v) is 14.6. The molecule has 4 heteroatoms. The molecular weight excluding hydrogens is 717 g/mol. The highest BCUT2D eigenvalue weighted by Crippen LogP contribution is 2.40. The molecule has 9 aromatic carbocycles. The smallest absolute Gasteiger partial charge is 0.161 e. The minimum absolute atomic E-state index is 0.130. The van der Waals surface area contributed by atoms with E-state index >= 15 is 0 Å². The monoisotopic (exact) mass is 756 g/mol. The van der Waals surface area contributed by atoms with E-state index in [1.807, 2.05) is 54.6 Å². The Balaban J connectivity index is 0.000000583. The Morgan fingerprint density at radius 1 is 0.458 bits per heavy atom. The number of nitrogens with zero attached hydrogens (tertiary/aromatic N) is 3. The Labute approximate surface area is 344 Å². The average molecular weight is 757 g/mol. The summed E-state index contributed by atoms with van der Waals surface area (Å²) in [6.45, 7) is 5.98. The standard InChI is InChI=1S/C48H32N4.C7H8/c1-50-48(52-47(49)33-13-3-2-4-14-33)38-29-36(28-37(30-38)45-39-17-7-5-15-34(39)27-35-16-6-8-18-40(35)45)31-23-25-32(26-24-31)46-43-21-10-9-19-41(43)42-20-11-12-22-44(42)51-46;1-7-5-3-2-4-6-7/h2-30,49H,1H2;2-6H,1H3. The number of hydrogen-bond acceptors (Lipinski definition) is 2. The molecule has 4 nitrogen and oxygen atoms in total. The van der Waals surface area contributed by atoms with Crippen LogP contribution in [0.1, 0.15) is 16.7 Å². The molecule has 0 atom stereocenters. The number of amidine groups is 2. The lowest BCUT2D eigenvalue weighted by Gasteiger charge is -2.16. The van der Waals surface area contributed by atoms with Gasteiger partial charge in [0.1, 0.15) is 0 Å². The van der Waals surface area contributed by atoms with Crippen LogP contribution in [-0.4, -0.2) is 23.4 Å². The van der Waals surface area contributed by atoms with E-state index in [0.717, 1.165) is 66.1 Å². The van der Waals surface area contributed by atoms with Crippen LogP contribution >= 0.6 is 0 Å². The Bertz CT molecular complexity index is 3130. The van der Waals surface area contributed by atoms with Crippen LogP contribution in [0.3, 0.4) is 0 Å². The number of nitrogens with one attached hydrogen (secondary N) is 1. The molecule has 0 bridgehead atoms. The molecule has 1 aromatic heterocycles. The predicted octanol–water partition coefficient (Wildman–Crippen LogP) is 14.2. The summed E-state index contributed by atoms with van der Waals surface area (Å²) in [6, 6.07) is 71.0. The van der Waals surface area contributed by atoms with Crippen molar-refractivity contribution in [3.63, 3.8) is 0 Å². The first-order valence-corrected chi connectivity index (χ1v) is 19.7. The molecule has 280 valence electrons. The van der Waals surface area contributed by atoms with Crippen LogP contribution in [-0.2, 0) is 0 Å². The van der Waals surface area contributed by atoms with Crippen LogP contribution in [0.25, 0.3) is 76.7 Å². The molecule has 0 radical (unpaired) electrons. The van der Waals surface area contributed by atoms with E-state index in [-0.39, 0.29) is 5.84 Å². The number of aryl methyl sites for hydroxylation is 1. The van der Waals surface area contributed by atoms with E-state index in [2.05, 4.69) is 170 Å². The Kier molecular flexibility index (Phi) is 10.2. The fourth-order valence-corrected chi connectivity index (χ4v) is 7.83. The van der Waals surface area contributed by atoms with Gasteiger partial charge in [0, 0.05) is 27.5 Å². The highest BCUT2D eigenvalue weighted by Gasteiger charge is 2.16. The van der Waals surface area contributed by atoms with Crippen molar-refractivity contribution in [2.24, 2.45) is 9.98 Å². The van der Waals surface area contributed by atoms with E-state index in [0.29, 0.717) is 11.4 Å². The van der Waals surface area contributed by atoms with Crippen molar-refractivity contribution in [1.29, 1.82) is 5.41 Å². The van der Waals surface area contributed by atoms with Gasteiger partial charge in [0.15, 0.2) is 11.7 Å². The fraction of sp³-hybridized carbons (Fsp3) is 0.0182. The highest BCUT2D eigenvalue weighted by molar-refractivity contribution is 6.16. The summed E-state index contributed by atoms with van der Waals surface area (Å²) in [7, 11) is 0. The second-order valence-electron chi connectivity index (χ2n) is 14.6. The van der Waals surface area contributed by atoms with Gasteiger partial charge in [0.25, 0.3) is 0 Å². The number of hydrogen-bond donors (Lipinski definition) is 1. The van der Waals surface area contributed by atoms with Gasteiger partial charge in [-0.3, -0.25) is 5.41 Å². The molecule has 0 aliphatic heterocycles. The van der Waals surface area contributed by atoms with Crippen molar-refractivity contribution < 1.29 is 0 Å². The summed E-state index contributed by atoms with van der Waals surface area (Å²) in [5, 5.41) is 16.9. The summed E-state index contributed by atoms with van der Waals surface area (Å²) in [5.74, 6) is 0.523. The first-order chi connectivity index (χ1) is 29.0. The lowest BCUT2D eigenvalue weighted by atomic mass is 9.89. The van der Waals surface area contributed by atoms with Gasteiger partial charge in [-0.2, -0.15) is 0 Å². The van der Waals surface area contributed by atoms with Crippen molar-refractivity contribution in [2.75, 3.05) is 0 Å². The number of aromatic nitrogens is 1. The summed E-state index contributed by atoms with van der Waals surface area (Å²) in [6.07, 6.45) is 0. The number of para-hydroxylation sites is 1. The van der Waals surface area contributed by atoms with Gasteiger partial charge in [-0.1, -0.05) is 181 Å². The van der Waals surface area contributed by atoms with Gasteiger partial charge < -0.3 is 0 Å². The summed E-state index contributed by atoms with van der Waals surface area (Å²) >= 11 is 0. The third kappa shape index (κ3) is 7.55. The molecule has 10 rings (SSSR count). The van der Waals surface area contributed by atoms with Gasteiger partial charge in [0.05, 0.1) is 11.2 Å². The molecule has 0 unspecified atom stereocenters. The molecule has 10 aromatic rings. The van der Waals surface area contributed by atoms with Gasteiger partial charge in [-0.15, -0.1) is 0 Å². The topological polar surface area (TPSA) is 61.5 Å². The van der Waals surface area contributed by atoms with E-state index in [1.54, 1.807) is 0 Å². The zero-order valence-electron chi connectivity index (χ0n) is 32.7. The van der Waals surface area contributed by atoms with Crippen molar-refractivity contribution >= 4 is 61.6 Å². The summed E-state index contributed by atoms with van der Waals surface area (Å²) in [5.41, 5.74) is 10.0. The molecule has 0 fully saturated rings. The van der Waals surface area contributed by atoms with Gasteiger partial charge >= 0.3 is 0 Å². The van der Waals surface area contributed by atoms with Gasteiger partial charge in [-0.25, -0.2) is 15.0 Å². The minimum Gasteiger partial charge on any atom is -0.282 e. The van der Waals surface area contributed by atoms with E-state index in [1.165, 1.54) is 21.7 Å². The quantitative estimate of drug-likeness (QED) is 0.0808. The molecule has 1 heterocycles. The van der Waals surface area contributed by atoms with Gasteiger partial charge in [0.2, 0.25) is 0 Å². The largest absolute Gasteiger partial charge is 0.282 e. The molecular formula is C55H40N4. The molecule has 0 saturated carbocycles. The molecule has 0 spiro atoms. The maximum absolute atomic E-state index is 8.80. The van der Waals surface area contributed by atoms with Crippen molar-refractivity contribution in [2.45, 2.75) is 6.92 Å². The van der Waals surface area contributed by atoms with E-state index in [4.69, 9.17) is 15.4 Å². The zero-order valence-corrected chi connectivity index (χ0v) is 32.7. The molecule has 0 amide bonds. The predicted molar refractivity (Wildman–Crippen MR) is 251 cm³/mol. The maximum Gasteiger partial charge on any atom is 0.161 e. The normalized spacial score (nSPS) is 11.4. The molecule has 0 saturated heterocycles. The molecule has 59 heavy (non-hydrogen) atoms. The average Bonchev–Trinajstić information content (AvgIpc) is 3.30. The zero-order chi connectivity index (χ0) is 40.1. The van der Waals surface area contributed by atoms with Crippen LogP contribution in [0.15, 0.2) is 216 Å². The molecule has 1 N–H and O–H groups in total. The third-order valence-corrected chi connectivity index (χ3v) is 10.7. The van der Waals surface area contributed by atoms with E-state index < -0.39 is 0 Å². The Hall–Kier alpha value is -7.82. The lowest BCUT2D eigenvalue weighted by Crippen LogP contribution is -2.04. The van der Waals surface area contributed by atoms with Crippen molar-refractivity contribution in [3.8, 4) is 33.5 Å². The SMILES string of the molecule is C=NC(=NC(=N)c1ccccc1)c1cc(-c2ccc(-c3nc4ccccc4c4ccccc34)cc2)cc(-c2c3ccccc3cc3ccccc23)c1.Cc1ccccc1. The first-order valence-electron chi connectivity index (χ1n) is 19.7. The Morgan fingerprint density at radius 2 is 0.983 bits per heavy atom. The number of aliphatic imine (C=N–C) groups is 2. The number of pyridine rings is 1. The molecule has 0 aliphatic carbocycles. The number of fused-ring (bicyclic) bond motifs is 5. The third-order valence-electron chi connectivity index (χ3n) is 10.7. The van der Waals surface area contributed by atoms with Crippen LogP contribution in [0.2, 0.25) is 0 Å². The second kappa shape index (κ2) is 16.3. The van der Waals surface area contributed by atoms with Crippen LogP contribution in [0.5, 0.6) is 0 Å². The molecule has 0 aliphatic rings. The first kappa shape index (κ1) is 36.8. The van der Waals surface area contributed by atoms with Crippen LogP contribution < -0.4 is 0 Å². The summed E-state index contributed by atoms with van der Waals surface area (Å²) < 4.78 is 0. The minimum atomic E-state index is 0.130. The van der Waals surface area contributed by atoms with E-state index in [9.17, 15) is 0 Å². The van der Waals surface area contributed by atoms with Crippen LogP contribution in [0.4, 0.5) is 0 Å². The number of benzene rings is 9. The van der Waals surface area contributed by atoms with Crippen molar-refractivity contribution in [3.05, 3.63) is 223 Å². The summed E-state index contributed by atoms with van der Waals surface area (Å²) in [4.78, 5) is 14.2. The lowest BCUT2D eigenvalue weighted by molar-refractivity contribution is 1.40. The van der Waals surface area contributed by atoms with Crippen molar-refractivity contribution in [1.82, 2.24) is 4.98 Å².